The molecule has 0 aliphatic rings. The van der Waals surface area contributed by atoms with Crippen molar-refractivity contribution in [3.05, 3.63) is 35.4 Å². The van der Waals surface area contributed by atoms with Gasteiger partial charge in [-0.05, 0) is 37.6 Å². The molecule has 0 bridgehead atoms. The van der Waals surface area contributed by atoms with E-state index in [4.69, 9.17) is 0 Å². The zero-order chi connectivity index (χ0) is 11.3. The zero-order valence-electron chi connectivity index (χ0n) is 9.19. The molecule has 0 fully saturated rings. The molecule has 0 aliphatic carbocycles. The van der Waals surface area contributed by atoms with E-state index < -0.39 is 11.6 Å². The third-order valence-electron chi connectivity index (χ3n) is 2.42. The molecule has 3 heteroatoms. The Balaban J connectivity index is 2.57. The first-order valence-corrected chi connectivity index (χ1v) is 5.33. The zero-order valence-corrected chi connectivity index (χ0v) is 9.19. The predicted octanol–water partition coefficient (Wildman–Crippen LogP) is 3.42. The van der Waals surface area contributed by atoms with Crippen LogP contribution < -0.4 is 5.32 Å². The van der Waals surface area contributed by atoms with Crippen molar-refractivity contribution in [2.45, 2.75) is 32.7 Å². The topological polar surface area (TPSA) is 12.0 Å². The van der Waals surface area contributed by atoms with Crippen molar-refractivity contribution in [3.63, 3.8) is 0 Å². The molecule has 1 aromatic rings. The van der Waals surface area contributed by atoms with Crippen LogP contribution in [-0.2, 0) is 0 Å². The average molecular weight is 213 g/mol. The molecule has 15 heavy (non-hydrogen) atoms. The summed E-state index contributed by atoms with van der Waals surface area (Å²) in [6, 6.07) is 4.09. The lowest BCUT2D eigenvalue weighted by Gasteiger charge is -2.13. The van der Waals surface area contributed by atoms with Gasteiger partial charge in [0.15, 0.2) is 11.6 Å². The Kier molecular flexibility index (Phi) is 4.69. The second kappa shape index (κ2) is 5.81. The first-order valence-electron chi connectivity index (χ1n) is 5.33. The summed E-state index contributed by atoms with van der Waals surface area (Å²) in [5.74, 6) is -1.57. The fourth-order valence-corrected chi connectivity index (χ4v) is 1.39. The van der Waals surface area contributed by atoms with Gasteiger partial charge >= 0.3 is 0 Å². The summed E-state index contributed by atoms with van der Waals surface area (Å²) in [7, 11) is 0. The Hall–Kier alpha value is -0.960. The fraction of sp³-hybridized carbons (Fsp3) is 0.500. The normalized spacial score (nSPS) is 12.8. The fourth-order valence-electron chi connectivity index (χ4n) is 1.39. The highest BCUT2D eigenvalue weighted by Gasteiger charge is 2.07. The summed E-state index contributed by atoms with van der Waals surface area (Å²) >= 11 is 0. The Morgan fingerprint density at radius 2 is 2.00 bits per heavy atom. The quantitative estimate of drug-likeness (QED) is 0.739. The maximum atomic E-state index is 12.9. The molecule has 1 N–H and O–H groups in total. The first kappa shape index (κ1) is 12.1. The Bertz CT molecular complexity index is 312. The highest BCUT2D eigenvalue weighted by molar-refractivity contribution is 5.20. The van der Waals surface area contributed by atoms with Gasteiger partial charge < -0.3 is 5.32 Å². The smallest absolute Gasteiger partial charge is 0.159 e. The molecule has 1 nitrogen and oxygen atoms in total. The minimum absolute atomic E-state index is 0.0617. The molecular formula is C12H17F2N. The van der Waals surface area contributed by atoms with Gasteiger partial charge in [-0.3, -0.25) is 0 Å². The predicted molar refractivity (Wildman–Crippen MR) is 57.7 cm³/mol. The van der Waals surface area contributed by atoms with Gasteiger partial charge in [-0.15, -0.1) is 0 Å². The van der Waals surface area contributed by atoms with Crippen LogP contribution in [0.3, 0.4) is 0 Å². The van der Waals surface area contributed by atoms with Gasteiger partial charge in [0, 0.05) is 6.04 Å². The lowest BCUT2D eigenvalue weighted by atomic mass is 10.1. The van der Waals surface area contributed by atoms with Crippen molar-refractivity contribution >= 4 is 0 Å². The highest BCUT2D eigenvalue weighted by atomic mass is 19.2. The Labute approximate surface area is 89.5 Å². The van der Waals surface area contributed by atoms with Crippen LogP contribution >= 0.6 is 0 Å². The molecule has 0 heterocycles. The number of rotatable bonds is 5. The van der Waals surface area contributed by atoms with Gasteiger partial charge in [0.25, 0.3) is 0 Å². The maximum Gasteiger partial charge on any atom is 0.159 e. The monoisotopic (exact) mass is 213 g/mol. The van der Waals surface area contributed by atoms with Crippen LogP contribution in [0.25, 0.3) is 0 Å². The molecule has 0 aromatic heterocycles. The summed E-state index contributed by atoms with van der Waals surface area (Å²) in [6.07, 6.45) is 2.21. The lowest BCUT2D eigenvalue weighted by Crippen LogP contribution is -2.19. The molecule has 1 aromatic carbocycles. The summed E-state index contributed by atoms with van der Waals surface area (Å²) in [6.45, 7) is 4.96. The molecule has 0 amide bonds. The summed E-state index contributed by atoms with van der Waals surface area (Å²) in [4.78, 5) is 0. The van der Waals surface area contributed by atoms with Gasteiger partial charge in [0.1, 0.15) is 0 Å². The van der Waals surface area contributed by atoms with E-state index in [0.29, 0.717) is 0 Å². The van der Waals surface area contributed by atoms with E-state index in [1.165, 1.54) is 12.1 Å². The molecule has 0 spiro atoms. The maximum absolute atomic E-state index is 12.9. The second-order valence-electron chi connectivity index (χ2n) is 3.70. The minimum Gasteiger partial charge on any atom is -0.310 e. The number of hydrogen-bond acceptors (Lipinski definition) is 1. The van der Waals surface area contributed by atoms with Crippen LogP contribution in [0.4, 0.5) is 8.78 Å². The van der Waals surface area contributed by atoms with E-state index in [-0.39, 0.29) is 6.04 Å². The molecule has 0 unspecified atom stereocenters. The minimum atomic E-state index is -0.792. The van der Waals surface area contributed by atoms with Crippen molar-refractivity contribution in [1.29, 1.82) is 0 Å². The van der Waals surface area contributed by atoms with Crippen molar-refractivity contribution in [2.75, 3.05) is 6.54 Å². The Morgan fingerprint density at radius 1 is 1.27 bits per heavy atom. The molecule has 0 radical (unpaired) electrons. The van der Waals surface area contributed by atoms with Gasteiger partial charge in [-0.1, -0.05) is 19.4 Å². The van der Waals surface area contributed by atoms with Crippen molar-refractivity contribution in [3.8, 4) is 0 Å². The average Bonchev–Trinajstić information content (AvgIpc) is 2.22. The number of benzene rings is 1. The highest BCUT2D eigenvalue weighted by Crippen LogP contribution is 2.15. The number of halogens is 2. The van der Waals surface area contributed by atoms with Crippen molar-refractivity contribution < 1.29 is 8.78 Å². The third kappa shape index (κ3) is 3.59. The third-order valence-corrected chi connectivity index (χ3v) is 2.42. The van der Waals surface area contributed by atoms with E-state index in [1.807, 2.05) is 6.92 Å². The largest absolute Gasteiger partial charge is 0.310 e. The molecule has 1 atom stereocenters. The first-order chi connectivity index (χ1) is 7.15. The van der Waals surface area contributed by atoms with Gasteiger partial charge in [-0.2, -0.15) is 0 Å². The van der Waals surface area contributed by atoms with Crippen molar-refractivity contribution in [1.82, 2.24) is 5.32 Å². The number of unbranched alkanes of at least 4 members (excludes halogenated alkanes) is 1. The van der Waals surface area contributed by atoms with E-state index in [0.717, 1.165) is 24.9 Å². The number of hydrogen-bond donors (Lipinski definition) is 1. The van der Waals surface area contributed by atoms with E-state index in [2.05, 4.69) is 12.2 Å². The van der Waals surface area contributed by atoms with Crippen LogP contribution in [0.2, 0.25) is 0 Å². The molecule has 84 valence electrons. The van der Waals surface area contributed by atoms with Crippen LogP contribution in [0.15, 0.2) is 18.2 Å². The van der Waals surface area contributed by atoms with E-state index in [1.54, 1.807) is 6.07 Å². The van der Waals surface area contributed by atoms with E-state index >= 15 is 0 Å². The summed E-state index contributed by atoms with van der Waals surface area (Å²) in [5, 5.41) is 3.26. The SMILES string of the molecule is CCCCN[C@H](C)c1ccc(F)c(F)c1. The van der Waals surface area contributed by atoms with Crippen LogP contribution in [0.5, 0.6) is 0 Å². The van der Waals surface area contributed by atoms with Crippen molar-refractivity contribution in [2.24, 2.45) is 0 Å². The molecule has 0 saturated heterocycles. The standard InChI is InChI=1S/C12H17F2N/c1-3-4-7-15-9(2)10-5-6-11(13)12(14)8-10/h5-6,8-9,15H,3-4,7H2,1-2H3/t9-/m1/s1. The summed E-state index contributed by atoms with van der Waals surface area (Å²) < 4.78 is 25.6. The van der Waals surface area contributed by atoms with Gasteiger partial charge in [-0.25, -0.2) is 8.78 Å². The molecular weight excluding hydrogens is 196 g/mol. The second-order valence-corrected chi connectivity index (χ2v) is 3.70. The van der Waals surface area contributed by atoms with Gasteiger partial charge in [0.05, 0.1) is 0 Å². The van der Waals surface area contributed by atoms with Crippen LogP contribution in [-0.4, -0.2) is 6.54 Å². The van der Waals surface area contributed by atoms with E-state index in [9.17, 15) is 8.78 Å². The van der Waals surface area contributed by atoms with Gasteiger partial charge in [0.2, 0.25) is 0 Å². The summed E-state index contributed by atoms with van der Waals surface area (Å²) in [5.41, 5.74) is 0.782. The van der Waals surface area contributed by atoms with Crippen LogP contribution in [0.1, 0.15) is 38.3 Å². The Morgan fingerprint density at radius 3 is 2.60 bits per heavy atom. The lowest BCUT2D eigenvalue weighted by molar-refractivity contribution is 0.499. The molecule has 0 aliphatic heterocycles. The molecule has 1 rings (SSSR count). The molecule has 0 saturated carbocycles. The number of nitrogens with one attached hydrogen (secondary N) is 1. The van der Waals surface area contributed by atoms with Crippen LogP contribution in [0, 0.1) is 11.6 Å².